The molecule has 6 heteroatoms. The number of para-hydroxylation sites is 1. The molecule has 0 bridgehead atoms. The minimum atomic E-state index is -0.163. The van der Waals surface area contributed by atoms with Gasteiger partial charge in [-0.3, -0.25) is 9.59 Å². The molecule has 1 fully saturated rings. The fourth-order valence-electron chi connectivity index (χ4n) is 4.05. The Morgan fingerprint density at radius 1 is 1.17 bits per heavy atom. The maximum Gasteiger partial charge on any atom is 0.227 e. The maximum absolute atomic E-state index is 12.9. The Morgan fingerprint density at radius 2 is 1.97 bits per heavy atom. The highest BCUT2D eigenvalue weighted by molar-refractivity contribution is 5.89. The topological polar surface area (TPSA) is 74.4 Å². The minimum Gasteiger partial charge on any atom is -0.497 e. The molecule has 1 aliphatic rings. The van der Waals surface area contributed by atoms with Crippen molar-refractivity contribution in [1.82, 2.24) is 15.2 Å². The van der Waals surface area contributed by atoms with E-state index in [1.807, 2.05) is 59.6 Å². The molecule has 2 N–H and O–H groups in total. The minimum absolute atomic E-state index is 0.00964. The predicted octanol–water partition coefficient (Wildman–Crippen LogP) is 3.27. The second kappa shape index (κ2) is 9.03. The van der Waals surface area contributed by atoms with Crippen molar-refractivity contribution >= 4 is 22.7 Å². The Kier molecular flexibility index (Phi) is 6.02. The van der Waals surface area contributed by atoms with Crippen LogP contribution in [0.25, 0.3) is 10.9 Å². The van der Waals surface area contributed by atoms with Crippen LogP contribution in [0.15, 0.2) is 54.7 Å². The van der Waals surface area contributed by atoms with E-state index in [-0.39, 0.29) is 17.7 Å². The number of hydrogen-bond donors (Lipinski definition) is 2. The van der Waals surface area contributed by atoms with Gasteiger partial charge < -0.3 is 19.9 Å². The van der Waals surface area contributed by atoms with Gasteiger partial charge in [0.05, 0.1) is 19.4 Å². The van der Waals surface area contributed by atoms with E-state index in [1.54, 1.807) is 7.11 Å². The largest absolute Gasteiger partial charge is 0.497 e. The number of benzene rings is 2. The molecule has 0 saturated carbocycles. The Bertz CT molecular complexity index is 1030. The van der Waals surface area contributed by atoms with Gasteiger partial charge in [0.25, 0.3) is 0 Å². The van der Waals surface area contributed by atoms with Crippen LogP contribution in [0.2, 0.25) is 0 Å². The predicted molar refractivity (Wildman–Crippen MR) is 116 cm³/mol. The first-order valence-electron chi connectivity index (χ1n) is 10.4. The molecule has 1 saturated heterocycles. The van der Waals surface area contributed by atoms with E-state index < -0.39 is 0 Å². The first-order valence-corrected chi connectivity index (χ1v) is 10.4. The van der Waals surface area contributed by atoms with E-state index in [1.165, 1.54) is 0 Å². The molecule has 2 heterocycles. The van der Waals surface area contributed by atoms with Crippen molar-refractivity contribution in [3.05, 3.63) is 65.9 Å². The van der Waals surface area contributed by atoms with Crippen LogP contribution in [-0.2, 0) is 22.6 Å². The Hall–Kier alpha value is -3.28. The van der Waals surface area contributed by atoms with Crippen LogP contribution in [-0.4, -0.2) is 41.9 Å². The number of fused-ring (bicyclic) bond motifs is 1. The van der Waals surface area contributed by atoms with Crippen molar-refractivity contribution in [2.75, 3.05) is 20.2 Å². The summed E-state index contributed by atoms with van der Waals surface area (Å²) in [6.45, 7) is 1.67. The first kappa shape index (κ1) is 20.0. The van der Waals surface area contributed by atoms with Crippen molar-refractivity contribution < 1.29 is 14.3 Å². The smallest absolute Gasteiger partial charge is 0.227 e. The zero-order valence-corrected chi connectivity index (χ0v) is 17.2. The quantitative estimate of drug-likeness (QED) is 0.661. The van der Waals surface area contributed by atoms with Gasteiger partial charge in [0.1, 0.15) is 5.75 Å². The fourth-order valence-corrected chi connectivity index (χ4v) is 4.05. The third-order valence-corrected chi connectivity index (χ3v) is 5.79. The number of aromatic amines is 1. The molecule has 0 aliphatic carbocycles. The molecule has 30 heavy (non-hydrogen) atoms. The van der Waals surface area contributed by atoms with E-state index in [9.17, 15) is 9.59 Å². The average Bonchev–Trinajstić information content (AvgIpc) is 3.20. The number of piperidine rings is 1. The first-order chi connectivity index (χ1) is 14.6. The molecule has 6 nitrogen and oxygen atoms in total. The lowest BCUT2D eigenvalue weighted by atomic mass is 9.96. The van der Waals surface area contributed by atoms with Crippen LogP contribution in [0.5, 0.6) is 5.75 Å². The second-order valence-electron chi connectivity index (χ2n) is 7.78. The molecule has 2 aromatic carbocycles. The summed E-state index contributed by atoms with van der Waals surface area (Å²) in [6.07, 6.45) is 3.92. The number of likely N-dealkylation sites (tertiary alicyclic amines) is 1. The van der Waals surface area contributed by atoms with Crippen LogP contribution in [0.1, 0.15) is 24.0 Å². The summed E-state index contributed by atoms with van der Waals surface area (Å²) in [5, 5.41) is 4.09. The highest BCUT2D eigenvalue weighted by Gasteiger charge is 2.28. The maximum atomic E-state index is 12.9. The van der Waals surface area contributed by atoms with Crippen LogP contribution >= 0.6 is 0 Å². The number of nitrogens with zero attached hydrogens (tertiary/aromatic N) is 1. The zero-order valence-electron chi connectivity index (χ0n) is 17.2. The van der Waals surface area contributed by atoms with Gasteiger partial charge in [0, 0.05) is 36.7 Å². The number of carbonyl (C=O) groups excluding carboxylic acids is 2. The van der Waals surface area contributed by atoms with Gasteiger partial charge in [-0.1, -0.05) is 30.3 Å². The molecule has 0 unspecified atom stereocenters. The van der Waals surface area contributed by atoms with E-state index in [4.69, 9.17) is 4.74 Å². The number of ether oxygens (including phenoxy) is 1. The number of nitrogens with one attached hydrogen (secondary N) is 2. The van der Waals surface area contributed by atoms with Crippen molar-refractivity contribution in [2.24, 2.45) is 5.92 Å². The number of aromatic nitrogens is 1. The number of amides is 2. The van der Waals surface area contributed by atoms with E-state index in [0.717, 1.165) is 40.6 Å². The second-order valence-corrected chi connectivity index (χ2v) is 7.78. The van der Waals surface area contributed by atoms with Crippen LogP contribution in [0.4, 0.5) is 0 Å². The van der Waals surface area contributed by atoms with E-state index in [0.29, 0.717) is 26.1 Å². The van der Waals surface area contributed by atoms with Gasteiger partial charge >= 0.3 is 0 Å². The third kappa shape index (κ3) is 4.48. The molecule has 4 rings (SSSR count). The van der Waals surface area contributed by atoms with Crippen LogP contribution in [0, 0.1) is 5.92 Å². The van der Waals surface area contributed by atoms with E-state index in [2.05, 4.69) is 10.3 Å². The molecule has 3 aromatic rings. The highest BCUT2D eigenvalue weighted by atomic mass is 16.5. The average molecular weight is 405 g/mol. The van der Waals surface area contributed by atoms with Crippen molar-refractivity contribution in [3.63, 3.8) is 0 Å². The summed E-state index contributed by atoms with van der Waals surface area (Å²) >= 11 is 0. The molecule has 1 atom stereocenters. The number of carbonyl (C=O) groups is 2. The molecule has 2 amide bonds. The Labute approximate surface area is 176 Å². The van der Waals surface area contributed by atoms with Gasteiger partial charge in [-0.05, 0) is 42.2 Å². The number of rotatable bonds is 6. The lowest BCUT2D eigenvalue weighted by molar-refractivity contribution is -0.135. The van der Waals surface area contributed by atoms with Crippen molar-refractivity contribution in [3.8, 4) is 5.75 Å². The van der Waals surface area contributed by atoms with E-state index >= 15 is 0 Å². The summed E-state index contributed by atoms with van der Waals surface area (Å²) in [5.41, 5.74) is 3.06. The molecule has 0 spiro atoms. The van der Waals surface area contributed by atoms with Gasteiger partial charge in [-0.15, -0.1) is 0 Å². The summed E-state index contributed by atoms with van der Waals surface area (Å²) in [6, 6.07) is 15.6. The summed E-state index contributed by atoms with van der Waals surface area (Å²) in [7, 11) is 1.63. The van der Waals surface area contributed by atoms with Crippen LogP contribution < -0.4 is 10.1 Å². The summed E-state index contributed by atoms with van der Waals surface area (Å²) in [4.78, 5) is 30.6. The van der Waals surface area contributed by atoms with Gasteiger partial charge in [0.15, 0.2) is 0 Å². The molecule has 0 radical (unpaired) electrons. The molecule has 156 valence electrons. The lowest BCUT2D eigenvalue weighted by Gasteiger charge is -2.32. The SMILES string of the molecule is COc1ccc(CNC(=O)[C@H]2CCCN(C(=O)Cc3c[nH]c4ccccc34)C2)cc1. The molecular formula is C24H27N3O3. The molecule has 1 aromatic heterocycles. The fraction of sp³-hybridized carbons (Fsp3) is 0.333. The summed E-state index contributed by atoms with van der Waals surface area (Å²) < 4.78 is 5.16. The van der Waals surface area contributed by atoms with Gasteiger partial charge in [-0.25, -0.2) is 0 Å². The number of H-pyrrole nitrogens is 1. The standard InChI is InChI=1S/C24H27N3O3/c1-30-20-10-8-17(9-11-20)14-26-24(29)18-5-4-12-27(16-18)23(28)13-19-15-25-22-7-3-2-6-21(19)22/h2-3,6-11,15,18,25H,4-5,12-14,16H2,1H3,(H,26,29)/t18-/m0/s1. The molecule has 1 aliphatic heterocycles. The number of methoxy groups -OCH3 is 1. The van der Waals surface area contributed by atoms with Gasteiger partial charge in [-0.2, -0.15) is 0 Å². The zero-order chi connectivity index (χ0) is 20.9. The summed E-state index contributed by atoms with van der Waals surface area (Å²) in [5.74, 6) is 0.716. The normalized spacial score (nSPS) is 16.4. The van der Waals surface area contributed by atoms with Crippen molar-refractivity contribution in [2.45, 2.75) is 25.8 Å². The Balaban J connectivity index is 1.32. The Morgan fingerprint density at radius 3 is 2.77 bits per heavy atom. The van der Waals surface area contributed by atoms with Crippen LogP contribution in [0.3, 0.4) is 0 Å². The highest BCUT2D eigenvalue weighted by Crippen LogP contribution is 2.22. The lowest BCUT2D eigenvalue weighted by Crippen LogP contribution is -2.45. The molecular weight excluding hydrogens is 378 g/mol. The van der Waals surface area contributed by atoms with Gasteiger partial charge in [0.2, 0.25) is 11.8 Å². The number of hydrogen-bond acceptors (Lipinski definition) is 3. The monoisotopic (exact) mass is 405 g/mol. The van der Waals surface area contributed by atoms with Crippen molar-refractivity contribution in [1.29, 1.82) is 0 Å². The third-order valence-electron chi connectivity index (χ3n) is 5.79.